The van der Waals surface area contributed by atoms with Gasteiger partial charge in [-0.05, 0) is 30.2 Å². The zero-order valence-corrected chi connectivity index (χ0v) is 17.2. The van der Waals surface area contributed by atoms with Gasteiger partial charge in [0, 0.05) is 17.3 Å². The van der Waals surface area contributed by atoms with Gasteiger partial charge in [-0.1, -0.05) is 38.1 Å². The van der Waals surface area contributed by atoms with Crippen molar-refractivity contribution in [2.45, 2.75) is 31.6 Å². The third-order valence-corrected chi connectivity index (χ3v) is 6.71. The van der Waals surface area contributed by atoms with Gasteiger partial charge in [-0.2, -0.15) is 13.2 Å². The average Bonchev–Trinajstić information content (AvgIpc) is 3.33. The predicted molar refractivity (Wildman–Crippen MR) is 109 cm³/mol. The number of alkyl halides is 3. The van der Waals surface area contributed by atoms with Gasteiger partial charge in [0.15, 0.2) is 0 Å². The van der Waals surface area contributed by atoms with Crippen LogP contribution in [0.15, 0.2) is 48.5 Å². The van der Waals surface area contributed by atoms with E-state index in [0.717, 1.165) is 17.0 Å². The van der Waals surface area contributed by atoms with Crippen LogP contribution >= 0.6 is 0 Å². The molecule has 166 valence electrons. The van der Waals surface area contributed by atoms with Crippen molar-refractivity contribution in [3.63, 3.8) is 0 Å². The molecule has 2 saturated heterocycles. The fraction of sp³-hybridized carbons (Fsp3) is 0.348. The van der Waals surface area contributed by atoms with Gasteiger partial charge in [0.1, 0.15) is 5.54 Å². The molecule has 0 saturated carbocycles. The first-order valence-corrected chi connectivity index (χ1v) is 10.3. The van der Waals surface area contributed by atoms with E-state index in [1.54, 1.807) is 24.3 Å². The number of hydrogen-bond acceptors (Lipinski definition) is 4. The second kappa shape index (κ2) is 6.65. The van der Waals surface area contributed by atoms with Crippen molar-refractivity contribution < 1.29 is 27.6 Å². The normalized spacial score (nSPS) is 29.1. The first-order chi connectivity index (χ1) is 15.1. The van der Waals surface area contributed by atoms with Crippen molar-refractivity contribution in [2.24, 2.45) is 17.8 Å². The number of nitrogens with one attached hydrogen (secondary N) is 2. The van der Waals surface area contributed by atoms with Gasteiger partial charge in [0.25, 0.3) is 0 Å². The average molecular weight is 443 g/mol. The molecule has 3 aliphatic heterocycles. The lowest BCUT2D eigenvalue weighted by atomic mass is 9.76. The van der Waals surface area contributed by atoms with Crippen LogP contribution in [0.2, 0.25) is 0 Å². The zero-order chi connectivity index (χ0) is 23.0. The number of amides is 3. The van der Waals surface area contributed by atoms with Gasteiger partial charge in [-0.15, -0.1) is 0 Å². The molecule has 2 aromatic carbocycles. The molecular formula is C23H20F3N3O3. The summed E-state index contributed by atoms with van der Waals surface area (Å²) in [4.78, 5) is 41.2. The third-order valence-electron chi connectivity index (χ3n) is 6.71. The van der Waals surface area contributed by atoms with E-state index in [2.05, 4.69) is 10.6 Å². The Morgan fingerprint density at radius 2 is 1.72 bits per heavy atom. The highest BCUT2D eigenvalue weighted by atomic mass is 19.4. The lowest BCUT2D eigenvalue weighted by Gasteiger charge is -2.30. The summed E-state index contributed by atoms with van der Waals surface area (Å²) in [7, 11) is 0. The minimum Gasteiger partial charge on any atom is -0.324 e. The Kier molecular flexibility index (Phi) is 4.30. The smallest absolute Gasteiger partial charge is 0.324 e. The fourth-order valence-electron chi connectivity index (χ4n) is 5.34. The van der Waals surface area contributed by atoms with E-state index >= 15 is 0 Å². The number of rotatable bonds is 2. The first-order valence-electron chi connectivity index (χ1n) is 10.3. The molecule has 0 aliphatic carbocycles. The lowest BCUT2D eigenvalue weighted by Crippen LogP contribution is -2.54. The number of fused-ring (bicyclic) bond motifs is 4. The maximum atomic E-state index is 13.6. The van der Waals surface area contributed by atoms with Crippen LogP contribution in [0.25, 0.3) is 0 Å². The van der Waals surface area contributed by atoms with Crippen molar-refractivity contribution >= 4 is 29.1 Å². The quantitative estimate of drug-likeness (QED) is 0.699. The molecule has 2 N–H and O–H groups in total. The Morgan fingerprint density at radius 1 is 1.00 bits per heavy atom. The fourth-order valence-corrected chi connectivity index (χ4v) is 5.34. The number of halogens is 3. The SMILES string of the molecule is CC(C)[C@@H]1N[C@]2(C(=O)Nc3ccccc32)[C@@H]2C(=O)N(c3cccc(C(F)(F)F)c3)C(=O)[C@@H]21. The number of imide groups is 1. The monoisotopic (exact) mass is 443 g/mol. The lowest BCUT2D eigenvalue weighted by molar-refractivity contribution is -0.137. The summed E-state index contributed by atoms with van der Waals surface area (Å²) in [5.74, 6) is -3.78. The molecule has 3 heterocycles. The summed E-state index contributed by atoms with van der Waals surface area (Å²) >= 11 is 0. The molecule has 5 rings (SSSR count). The molecule has 0 bridgehead atoms. The van der Waals surface area contributed by atoms with Crippen LogP contribution in [0, 0.1) is 17.8 Å². The Morgan fingerprint density at radius 3 is 2.41 bits per heavy atom. The van der Waals surface area contributed by atoms with Gasteiger partial charge in [0.05, 0.1) is 23.1 Å². The van der Waals surface area contributed by atoms with Gasteiger partial charge in [-0.25, -0.2) is 4.90 Å². The zero-order valence-electron chi connectivity index (χ0n) is 17.2. The molecule has 0 aromatic heterocycles. The van der Waals surface area contributed by atoms with E-state index in [1.165, 1.54) is 12.1 Å². The topological polar surface area (TPSA) is 78.5 Å². The van der Waals surface area contributed by atoms with E-state index in [-0.39, 0.29) is 11.6 Å². The Bertz CT molecular complexity index is 1160. The van der Waals surface area contributed by atoms with Gasteiger partial charge in [0.2, 0.25) is 17.7 Å². The second-order valence-corrected chi connectivity index (χ2v) is 8.79. The van der Waals surface area contributed by atoms with Crippen molar-refractivity contribution in [3.05, 3.63) is 59.7 Å². The summed E-state index contributed by atoms with van der Waals surface area (Å²) in [5.41, 5.74) is -1.45. The van der Waals surface area contributed by atoms with E-state index in [0.29, 0.717) is 11.3 Å². The highest BCUT2D eigenvalue weighted by Crippen LogP contribution is 2.54. The molecular weight excluding hydrogens is 423 g/mol. The molecule has 3 aliphatic rings. The minimum absolute atomic E-state index is 0.111. The number of benzene rings is 2. The maximum Gasteiger partial charge on any atom is 0.416 e. The van der Waals surface area contributed by atoms with E-state index in [9.17, 15) is 27.6 Å². The number of para-hydroxylation sites is 1. The number of anilines is 2. The first kappa shape index (κ1) is 20.7. The molecule has 0 radical (unpaired) electrons. The Balaban J connectivity index is 1.66. The maximum absolute atomic E-state index is 13.6. The third kappa shape index (κ3) is 2.60. The molecule has 32 heavy (non-hydrogen) atoms. The van der Waals surface area contributed by atoms with E-state index < -0.39 is 52.9 Å². The van der Waals surface area contributed by atoms with Crippen LogP contribution < -0.4 is 15.5 Å². The Labute approximate surface area is 181 Å². The van der Waals surface area contributed by atoms with E-state index in [1.807, 2.05) is 13.8 Å². The van der Waals surface area contributed by atoms with Gasteiger partial charge in [-0.3, -0.25) is 19.7 Å². The van der Waals surface area contributed by atoms with E-state index in [4.69, 9.17) is 0 Å². The van der Waals surface area contributed by atoms with Crippen LogP contribution in [0.4, 0.5) is 24.5 Å². The molecule has 2 aromatic rings. The largest absolute Gasteiger partial charge is 0.416 e. The molecule has 1 spiro atoms. The summed E-state index contributed by atoms with van der Waals surface area (Å²) in [5, 5.41) is 6.07. The molecule has 3 amide bonds. The standard InChI is InChI=1S/C23H20F3N3O3/c1-11(2)18-16-17(22(28-18)14-8-3-4-9-15(14)27-21(22)32)20(31)29(19(16)30)13-7-5-6-12(10-13)23(24,25)26/h3-11,16-18,28H,1-2H3,(H,27,32)/t16-,17-,18-,22-/m0/s1. The van der Waals surface area contributed by atoms with Crippen LogP contribution in [-0.4, -0.2) is 23.8 Å². The van der Waals surface area contributed by atoms with Crippen molar-refractivity contribution in [1.82, 2.24) is 5.32 Å². The molecule has 6 nitrogen and oxygen atoms in total. The summed E-state index contributed by atoms with van der Waals surface area (Å²) < 4.78 is 39.8. The molecule has 9 heteroatoms. The second-order valence-electron chi connectivity index (χ2n) is 8.79. The van der Waals surface area contributed by atoms with Crippen molar-refractivity contribution in [1.29, 1.82) is 0 Å². The number of carbonyl (C=O) groups is 3. The molecule has 0 unspecified atom stereocenters. The summed E-state index contributed by atoms with van der Waals surface area (Å²) in [6, 6.07) is 10.6. The van der Waals surface area contributed by atoms with Gasteiger partial charge < -0.3 is 5.32 Å². The van der Waals surface area contributed by atoms with Gasteiger partial charge >= 0.3 is 6.18 Å². The van der Waals surface area contributed by atoms with Crippen LogP contribution in [0.1, 0.15) is 25.0 Å². The Hall–Kier alpha value is -3.20. The number of hydrogen-bond donors (Lipinski definition) is 2. The molecule has 4 atom stereocenters. The minimum atomic E-state index is -4.62. The summed E-state index contributed by atoms with van der Waals surface area (Å²) in [6.45, 7) is 3.74. The van der Waals surface area contributed by atoms with Crippen LogP contribution in [0.5, 0.6) is 0 Å². The number of nitrogens with zero attached hydrogens (tertiary/aromatic N) is 1. The predicted octanol–water partition coefficient (Wildman–Crippen LogP) is 3.29. The highest BCUT2D eigenvalue weighted by Gasteiger charge is 2.71. The molecule has 2 fully saturated rings. The number of carbonyl (C=O) groups excluding carboxylic acids is 3. The highest BCUT2D eigenvalue weighted by molar-refractivity contribution is 6.25. The summed E-state index contributed by atoms with van der Waals surface area (Å²) in [6.07, 6.45) is -4.62. The van der Waals surface area contributed by atoms with Crippen molar-refractivity contribution in [3.8, 4) is 0 Å². The van der Waals surface area contributed by atoms with Crippen LogP contribution in [-0.2, 0) is 26.1 Å². The van der Waals surface area contributed by atoms with Crippen molar-refractivity contribution in [2.75, 3.05) is 10.2 Å². The van der Waals surface area contributed by atoms with Crippen LogP contribution in [0.3, 0.4) is 0 Å².